The number of amides is 1. The molecule has 3 aromatic rings. The zero-order valence-electron chi connectivity index (χ0n) is 13.2. The van der Waals surface area contributed by atoms with E-state index in [4.69, 9.17) is 0 Å². The third-order valence-electron chi connectivity index (χ3n) is 3.55. The molecular formula is C17H16N4O2S. The molecule has 1 aromatic heterocycles. The van der Waals surface area contributed by atoms with Gasteiger partial charge in [-0.2, -0.15) is 0 Å². The van der Waals surface area contributed by atoms with Crippen LogP contribution in [0.4, 0.5) is 5.69 Å². The molecule has 1 amide bonds. The topological polar surface area (TPSA) is 87.7 Å². The number of hydrogen-bond acceptors (Lipinski definition) is 5. The molecule has 2 aromatic carbocycles. The number of aromatic nitrogens is 3. The van der Waals surface area contributed by atoms with E-state index in [1.165, 1.54) is 0 Å². The molecule has 0 aliphatic carbocycles. The Morgan fingerprint density at radius 3 is 2.71 bits per heavy atom. The summed E-state index contributed by atoms with van der Waals surface area (Å²) in [6.45, 7) is 3.34. The molecule has 0 aliphatic rings. The maximum atomic E-state index is 12.4. The minimum atomic E-state index is -0.434. The van der Waals surface area contributed by atoms with E-state index in [1.54, 1.807) is 13.8 Å². The first-order chi connectivity index (χ1) is 11.5. The number of rotatable bonds is 4. The lowest BCUT2D eigenvalue weighted by Crippen LogP contribution is -2.24. The third-order valence-corrected chi connectivity index (χ3v) is 4.52. The van der Waals surface area contributed by atoms with Gasteiger partial charge in [0.1, 0.15) is 5.69 Å². The van der Waals surface area contributed by atoms with Crippen LogP contribution in [0.2, 0.25) is 0 Å². The number of nitrogens with one attached hydrogen (secondary N) is 2. The maximum Gasteiger partial charge on any atom is 0.273 e. The highest BCUT2D eigenvalue weighted by Gasteiger charge is 2.17. The van der Waals surface area contributed by atoms with E-state index in [-0.39, 0.29) is 11.5 Å². The average molecular weight is 340 g/mol. The molecule has 122 valence electrons. The molecule has 0 aliphatic heterocycles. The summed E-state index contributed by atoms with van der Waals surface area (Å²) >= 11 is 1.16. The van der Waals surface area contributed by atoms with Crippen molar-refractivity contribution in [3.63, 3.8) is 0 Å². The molecular weight excluding hydrogens is 324 g/mol. The van der Waals surface area contributed by atoms with Crippen LogP contribution in [-0.4, -0.2) is 26.3 Å². The molecule has 1 atom stereocenters. The lowest BCUT2D eigenvalue weighted by Gasteiger charge is -2.13. The highest BCUT2D eigenvalue weighted by Crippen LogP contribution is 2.25. The van der Waals surface area contributed by atoms with E-state index in [0.717, 1.165) is 28.2 Å². The first-order valence-corrected chi connectivity index (χ1v) is 8.31. The molecule has 7 heteroatoms. The minimum absolute atomic E-state index is 0.167. The van der Waals surface area contributed by atoms with Gasteiger partial charge in [-0.3, -0.25) is 14.6 Å². The van der Waals surface area contributed by atoms with Gasteiger partial charge >= 0.3 is 0 Å². The normalized spacial score (nSPS) is 12.1. The molecule has 0 saturated carbocycles. The molecule has 0 fully saturated rings. The van der Waals surface area contributed by atoms with Gasteiger partial charge in [0.25, 0.3) is 5.56 Å². The minimum Gasteiger partial charge on any atom is -0.325 e. The summed E-state index contributed by atoms with van der Waals surface area (Å²) in [4.78, 5) is 26.6. The van der Waals surface area contributed by atoms with Crippen molar-refractivity contribution in [3.05, 3.63) is 58.5 Å². The number of aromatic amines is 1. The van der Waals surface area contributed by atoms with Gasteiger partial charge < -0.3 is 5.32 Å². The van der Waals surface area contributed by atoms with E-state index < -0.39 is 5.25 Å². The molecule has 0 saturated heterocycles. The standard InChI is InChI=1S/C17H16N4O2S/c1-10-15(22)19-17(21-20-10)24-11(2)16(23)18-14-9-5-7-12-6-3-4-8-13(12)14/h3-9,11H,1-2H3,(H,18,23)(H,19,21,22). The van der Waals surface area contributed by atoms with E-state index in [1.807, 2.05) is 42.5 Å². The second-order valence-corrected chi connectivity index (χ2v) is 6.65. The summed E-state index contributed by atoms with van der Waals surface area (Å²) in [5.41, 5.74) is 0.760. The molecule has 0 bridgehead atoms. The maximum absolute atomic E-state index is 12.4. The van der Waals surface area contributed by atoms with Crippen molar-refractivity contribution in [3.8, 4) is 0 Å². The number of benzene rings is 2. The molecule has 3 rings (SSSR count). The van der Waals surface area contributed by atoms with E-state index in [0.29, 0.717) is 10.9 Å². The van der Waals surface area contributed by atoms with Crippen molar-refractivity contribution >= 4 is 34.1 Å². The molecule has 24 heavy (non-hydrogen) atoms. The summed E-state index contributed by atoms with van der Waals surface area (Å²) in [6, 6.07) is 13.6. The van der Waals surface area contributed by atoms with Crippen LogP contribution in [0.25, 0.3) is 10.8 Å². The fourth-order valence-electron chi connectivity index (χ4n) is 2.22. The fourth-order valence-corrected chi connectivity index (χ4v) is 2.96. The first-order valence-electron chi connectivity index (χ1n) is 7.43. The van der Waals surface area contributed by atoms with Crippen LogP contribution in [0.3, 0.4) is 0 Å². The van der Waals surface area contributed by atoms with Crippen LogP contribution in [-0.2, 0) is 4.79 Å². The molecule has 1 unspecified atom stereocenters. The number of fused-ring (bicyclic) bond motifs is 1. The quantitative estimate of drug-likeness (QED) is 0.713. The first kappa shape index (κ1) is 16.2. The van der Waals surface area contributed by atoms with Crippen molar-refractivity contribution in [2.75, 3.05) is 5.32 Å². The number of anilines is 1. The number of nitrogens with zero attached hydrogens (tertiary/aromatic N) is 2. The molecule has 0 spiro atoms. The predicted molar refractivity (Wildman–Crippen MR) is 95.3 cm³/mol. The average Bonchev–Trinajstić information content (AvgIpc) is 2.58. The zero-order valence-corrected chi connectivity index (χ0v) is 14.1. The van der Waals surface area contributed by atoms with Crippen molar-refractivity contribution in [1.29, 1.82) is 0 Å². The van der Waals surface area contributed by atoms with Gasteiger partial charge in [-0.05, 0) is 25.3 Å². The summed E-state index contributed by atoms with van der Waals surface area (Å²) in [7, 11) is 0. The number of carbonyl (C=O) groups excluding carboxylic acids is 1. The summed E-state index contributed by atoms with van der Waals surface area (Å²) < 4.78 is 0. The third kappa shape index (κ3) is 3.46. The van der Waals surface area contributed by atoms with Crippen LogP contribution in [0, 0.1) is 6.92 Å². The Balaban J connectivity index is 1.76. The van der Waals surface area contributed by atoms with Crippen LogP contribution >= 0.6 is 11.8 Å². The Kier molecular flexibility index (Phi) is 4.61. The Morgan fingerprint density at radius 1 is 1.17 bits per heavy atom. The lowest BCUT2D eigenvalue weighted by atomic mass is 10.1. The van der Waals surface area contributed by atoms with Gasteiger partial charge in [-0.25, -0.2) is 0 Å². The van der Waals surface area contributed by atoms with Gasteiger partial charge in [0.05, 0.1) is 5.25 Å². The predicted octanol–water partition coefficient (Wildman–Crippen LogP) is 2.75. The largest absolute Gasteiger partial charge is 0.325 e. The lowest BCUT2D eigenvalue weighted by molar-refractivity contribution is -0.115. The van der Waals surface area contributed by atoms with Crippen LogP contribution in [0.5, 0.6) is 0 Å². The molecule has 2 N–H and O–H groups in total. The van der Waals surface area contributed by atoms with Gasteiger partial charge in [-0.1, -0.05) is 48.2 Å². The smallest absolute Gasteiger partial charge is 0.273 e. The highest BCUT2D eigenvalue weighted by atomic mass is 32.2. The number of thioether (sulfide) groups is 1. The Morgan fingerprint density at radius 2 is 1.92 bits per heavy atom. The summed E-state index contributed by atoms with van der Waals surface area (Å²) in [5.74, 6) is -0.167. The van der Waals surface area contributed by atoms with Crippen LogP contribution in [0.15, 0.2) is 52.4 Å². The van der Waals surface area contributed by atoms with Gasteiger partial charge in [-0.15, -0.1) is 10.2 Å². The van der Waals surface area contributed by atoms with Crippen molar-refractivity contribution in [1.82, 2.24) is 15.2 Å². The van der Waals surface area contributed by atoms with Crippen molar-refractivity contribution in [2.45, 2.75) is 24.3 Å². The monoisotopic (exact) mass is 340 g/mol. The Bertz CT molecular complexity index is 949. The SMILES string of the molecule is Cc1nnc(SC(C)C(=O)Nc2cccc3ccccc23)[nH]c1=O. The number of hydrogen-bond donors (Lipinski definition) is 2. The van der Waals surface area contributed by atoms with Gasteiger partial charge in [0.15, 0.2) is 5.16 Å². The highest BCUT2D eigenvalue weighted by molar-refractivity contribution is 8.00. The van der Waals surface area contributed by atoms with Crippen molar-refractivity contribution in [2.24, 2.45) is 0 Å². The molecule has 6 nitrogen and oxygen atoms in total. The Hall–Kier alpha value is -2.67. The van der Waals surface area contributed by atoms with Gasteiger partial charge in [0, 0.05) is 11.1 Å². The second kappa shape index (κ2) is 6.84. The van der Waals surface area contributed by atoms with E-state index >= 15 is 0 Å². The van der Waals surface area contributed by atoms with Gasteiger partial charge in [0.2, 0.25) is 5.91 Å². The number of aryl methyl sites for hydroxylation is 1. The summed E-state index contributed by atoms with van der Waals surface area (Å²) in [6.07, 6.45) is 0. The van der Waals surface area contributed by atoms with E-state index in [2.05, 4.69) is 20.5 Å². The number of H-pyrrole nitrogens is 1. The Labute approximate surface area is 142 Å². The summed E-state index contributed by atoms with van der Waals surface area (Å²) in [5, 5.41) is 12.5. The zero-order chi connectivity index (χ0) is 17.1. The van der Waals surface area contributed by atoms with Crippen molar-refractivity contribution < 1.29 is 4.79 Å². The number of carbonyl (C=O) groups is 1. The molecule has 1 heterocycles. The van der Waals surface area contributed by atoms with Crippen LogP contribution < -0.4 is 10.9 Å². The van der Waals surface area contributed by atoms with E-state index in [9.17, 15) is 9.59 Å². The molecule has 0 radical (unpaired) electrons. The second-order valence-electron chi connectivity index (χ2n) is 5.32. The van der Waals surface area contributed by atoms with Crippen LogP contribution in [0.1, 0.15) is 12.6 Å². The fraction of sp³-hybridized carbons (Fsp3) is 0.176.